The molecule has 1 heterocycles. The van der Waals surface area contributed by atoms with Crippen molar-refractivity contribution in [3.8, 4) is 17.2 Å². The summed E-state index contributed by atoms with van der Waals surface area (Å²) >= 11 is 0. The quantitative estimate of drug-likeness (QED) is 0.898. The van der Waals surface area contributed by atoms with Gasteiger partial charge in [0.1, 0.15) is 5.75 Å². The van der Waals surface area contributed by atoms with Crippen LogP contribution >= 0.6 is 0 Å². The van der Waals surface area contributed by atoms with Crippen molar-refractivity contribution in [3.05, 3.63) is 17.7 Å². The summed E-state index contributed by atoms with van der Waals surface area (Å²) in [5.74, 6) is 2.26. The molecule has 1 aromatic carbocycles. The van der Waals surface area contributed by atoms with Crippen LogP contribution in [0, 0.1) is 0 Å². The number of nitrogens with one attached hydrogen (secondary N) is 1. The molecule has 0 radical (unpaired) electrons. The van der Waals surface area contributed by atoms with Crippen LogP contribution in [0.3, 0.4) is 0 Å². The van der Waals surface area contributed by atoms with Gasteiger partial charge in [0.2, 0.25) is 0 Å². The van der Waals surface area contributed by atoms with Crippen LogP contribution in [-0.4, -0.2) is 51.4 Å². The van der Waals surface area contributed by atoms with E-state index in [1.165, 1.54) is 0 Å². The zero-order chi connectivity index (χ0) is 15.5. The molecular weight excluding hydrogens is 268 g/mol. The average Bonchev–Trinajstić information content (AvgIpc) is 2.48. The molecule has 0 amide bonds. The standard InChI is InChI=1S/C16H26N2O3/c1-16(2)11-17-6-7-18(16)10-12-8-14(20-4)15(21-5)9-13(12)19-3/h8-9,17H,6-7,10-11H2,1-5H3. The third-order valence-corrected chi connectivity index (χ3v) is 4.12. The number of hydrogen-bond donors (Lipinski definition) is 1. The predicted octanol–water partition coefficient (Wildman–Crippen LogP) is 1.90. The molecule has 0 saturated carbocycles. The second kappa shape index (κ2) is 6.54. The zero-order valence-electron chi connectivity index (χ0n) is 13.7. The van der Waals surface area contributed by atoms with Gasteiger partial charge >= 0.3 is 0 Å². The number of methoxy groups -OCH3 is 3. The Morgan fingerprint density at radius 3 is 2.24 bits per heavy atom. The summed E-state index contributed by atoms with van der Waals surface area (Å²) in [6, 6.07) is 3.90. The lowest BCUT2D eigenvalue weighted by Crippen LogP contribution is -2.57. The molecular formula is C16H26N2O3. The van der Waals surface area contributed by atoms with Gasteiger partial charge in [-0.3, -0.25) is 4.90 Å². The lowest BCUT2D eigenvalue weighted by Gasteiger charge is -2.43. The highest BCUT2D eigenvalue weighted by atomic mass is 16.5. The van der Waals surface area contributed by atoms with Gasteiger partial charge in [0.25, 0.3) is 0 Å². The zero-order valence-corrected chi connectivity index (χ0v) is 13.7. The van der Waals surface area contributed by atoms with Gasteiger partial charge in [-0.25, -0.2) is 0 Å². The Morgan fingerprint density at radius 2 is 1.67 bits per heavy atom. The van der Waals surface area contributed by atoms with Crippen LogP contribution in [0.15, 0.2) is 12.1 Å². The highest BCUT2D eigenvalue weighted by Crippen LogP contribution is 2.36. The molecule has 1 aliphatic heterocycles. The summed E-state index contributed by atoms with van der Waals surface area (Å²) in [6.45, 7) is 8.36. The molecule has 0 aliphatic carbocycles. The van der Waals surface area contributed by atoms with Gasteiger partial charge in [0.05, 0.1) is 21.3 Å². The van der Waals surface area contributed by atoms with E-state index < -0.39 is 0 Å². The first-order chi connectivity index (χ1) is 10.0. The van der Waals surface area contributed by atoms with Crippen molar-refractivity contribution in [3.63, 3.8) is 0 Å². The smallest absolute Gasteiger partial charge is 0.164 e. The fourth-order valence-corrected chi connectivity index (χ4v) is 2.74. The minimum absolute atomic E-state index is 0.121. The van der Waals surface area contributed by atoms with Gasteiger partial charge in [-0.15, -0.1) is 0 Å². The molecule has 1 aromatic rings. The number of benzene rings is 1. The van der Waals surface area contributed by atoms with Gasteiger partial charge in [0, 0.05) is 43.3 Å². The second-order valence-corrected chi connectivity index (χ2v) is 5.93. The summed E-state index contributed by atoms with van der Waals surface area (Å²) < 4.78 is 16.3. The molecule has 0 bridgehead atoms. The maximum absolute atomic E-state index is 5.52. The van der Waals surface area contributed by atoms with E-state index in [1.807, 2.05) is 12.1 Å². The Kier molecular flexibility index (Phi) is 4.96. The summed E-state index contributed by atoms with van der Waals surface area (Å²) in [5.41, 5.74) is 1.24. The van der Waals surface area contributed by atoms with Crippen LogP contribution in [0.1, 0.15) is 19.4 Å². The number of piperazine rings is 1. The van der Waals surface area contributed by atoms with Gasteiger partial charge in [-0.2, -0.15) is 0 Å². The molecule has 5 nitrogen and oxygen atoms in total. The minimum Gasteiger partial charge on any atom is -0.496 e. The molecule has 1 aliphatic rings. The maximum atomic E-state index is 5.52. The van der Waals surface area contributed by atoms with Crippen molar-refractivity contribution < 1.29 is 14.2 Å². The molecule has 2 rings (SSSR count). The van der Waals surface area contributed by atoms with Crippen molar-refractivity contribution >= 4 is 0 Å². The van der Waals surface area contributed by atoms with Crippen LogP contribution in [0.4, 0.5) is 0 Å². The van der Waals surface area contributed by atoms with E-state index in [0.717, 1.165) is 43.2 Å². The molecule has 0 aromatic heterocycles. The van der Waals surface area contributed by atoms with Crippen molar-refractivity contribution in [2.45, 2.75) is 25.9 Å². The number of nitrogens with zero attached hydrogens (tertiary/aromatic N) is 1. The van der Waals surface area contributed by atoms with Crippen LogP contribution in [0.2, 0.25) is 0 Å². The molecule has 0 spiro atoms. The SMILES string of the molecule is COc1cc(OC)c(OC)cc1CN1CCNCC1(C)C. The first-order valence-electron chi connectivity index (χ1n) is 7.26. The van der Waals surface area contributed by atoms with Gasteiger partial charge in [0.15, 0.2) is 11.5 Å². The average molecular weight is 294 g/mol. The maximum Gasteiger partial charge on any atom is 0.164 e. The Balaban J connectivity index is 2.29. The van der Waals surface area contributed by atoms with E-state index in [-0.39, 0.29) is 5.54 Å². The molecule has 0 atom stereocenters. The van der Waals surface area contributed by atoms with Crippen molar-refractivity contribution in [2.24, 2.45) is 0 Å². The van der Waals surface area contributed by atoms with Crippen molar-refractivity contribution in [1.82, 2.24) is 10.2 Å². The molecule has 5 heteroatoms. The van der Waals surface area contributed by atoms with E-state index in [4.69, 9.17) is 14.2 Å². The first kappa shape index (κ1) is 15.9. The summed E-state index contributed by atoms with van der Waals surface area (Å²) in [6.07, 6.45) is 0. The lowest BCUT2D eigenvalue weighted by molar-refractivity contribution is 0.0818. The molecule has 1 fully saturated rings. The second-order valence-electron chi connectivity index (χ2n) is 5.93. The van der Waals surface area contributed by atoms with Crippen molar-refractivity contribution in [1.29, 1.82) is 0 Å². The highest BCUT2D eigenvalue weighted by Gasteiger charge is 2.30. The third-order valence-electron chi connectivity index (χ3n) is 4.12. The van der Waals surface area contributed by atoms with Crippen LogP contribution in [0.25, 0.3) is 0 Å². The minimum atomic E-state index is 0.121. The van der Waals surface area contributed by atoms with E-state index in [2.05, 4.69) is 24.1 Å². The summed E-state index contributed by atoms with van der Waals surface area (Å²) in [4.78, 5) is 2.47. The fraction of sp³-hybridized carbons (Fsp3) is 0.625. The Morgan fingerprint density at radius 1 is 1.05 bits per heavy atom. The molecule has 1 saturated heterocycles. The Labute approximate surface area is 127 Å². The summed E-state index contributed by atoms with van der Waals surface area (Å²) in [5, 5.41) is 3.44. The van der Waals surface area contributed by atoms with Crippen molar-refractivity contribution in [2.75, 3.05) is 41.0 Å². The van der Waals surface area contributed by atoms with E-state index >= 15 is 0 Å². The number of ether oxygens (including phenoxy) is 3. The highest BCUT2D eigenvalue weighted by molar-refractivity contribution is 5.50. The number of rotatable bonds is 5. The molecule has 118 valence electrons. The molecule has 1 N–H and O–H groups in total. The fourth-order valence-electron chi connectivity index (χ4n) is 2.74. The van der Waals surface area contributed by atoms with Gasteiger partial charge in [-0.1, -0.05) is 0 Å². The number of hydrogen-bond acceptors (Lipinski definition) is 5. The van der Waals surface area contributed by atoms with E-state index in [1.54, 1.807) is 21.3 Å². The van der Waals surface area contributed by atoms with E-state index in [9.17, 15) is 0 Å². The summed E-state index contributed by atoms with van der Waals surface area (Å²) in [7, 11) is 4.98. The molecule has 0 unspecified atom stereocenters. The van der Waals surface area contributed by atoms with Gasteiger partial charge < -0.3 is 19.5 Å². The lowest BCUT2D eigenvalue weighted by atomic mass is 9.99. The Bertz CT molecular complexity index is 489. The van der Waals surface area contributed by atoms with E-state index in [0.29, 0.717) is 5.75 Å². The van der Waals surface area contributed by atoms with Crippen LogP contribution in [0.5, 0.6) is 17.2 Å². The van der Waals surface area contributed by atoms with Gasteiger partial charge in [-0.05, 0) is 19.9 Å². The van der Waals surface area contributed by atoms with Crippen LogP contribution in [-0.2, 0) is 6.54 Å². The monoisotopic (exact) mass is 294 g/mol. The topological polar surface area (TPSA) is 43.0 Å². The normalized spacial score (nSPS) is 18.3. The first-order valence-corrected chi connectivity index (χ1v) is 7.26. The predicted molar refractivity (Wildman–Crippen MR) is 83.5 cm³/mol. The Hall–Kier alpha value is -1.46. The molecule has 21 heavy (non-hydrogen) atoms. The third kappa shape index (κ3) is 3.41. The largest absolute Gasteiger partial charge is 0.496 e. The van der Waals surface area contributed by atoms with Crippen LogP contribution < -0.4 is 19.5 Å².